The Morgan fingerprint density at radius 2 is 1.88 bits per heavy atom. The molecule has 166 valence electrons. The highest BCUT2D eigenvalue weighted by Crippen LogP contribution is 2.29. The summed E-state index contributed by atoms with van der Waals surface area (Å²) in [4.78, 5) is 34.3. The van der Waals surface area contributed by atoms with Crippen molar-refractivity contribution in [3.8, 4) is 11.3 Å². The molecule has 0 aliphatic heterocycles. The van der Waals surface area contributed by atoms with Crippen LogP contribution in [0.1, 0.15) is 28.5 Å². The smallest absolute Gasteiger partial charge is 0.256 e. The lowest BCUT2D eigenvalue weighted by molar-refractivity contribution is 0.102. The Hall–Kier alpha value is -4.40. The topological polar surface area (TPSA) is 118 Å². The summed E-state index contributed by atoms with van der Waals surface area (Å²) in [7, 11) is 1.79. The zero-order valence-electron chi connectivity index (χ0n) is 18.6. The first kappa shape index (κ1) is 21.8. The molecule has 0 unspecified atom stereocenters. The third kappa shape index (κ3) is 5.09. The Balaban J connectivity index is 1.61. The summed E-state index contributed by atoms with van der Waals surface area (Å²) in [6.45, 7) is 3.98. The maximum Gasteiger partial charge on any atom is 0.256 e. The number of hydrogen-bond acceptors (Lipinski definition) is 8. The van der Waals surface area contributed by atoms with Gasteiger partial charge in [-0.25, -0.2) is 24.9 Å². The van der Waals surface area contributed by atoms with E-state index in [-0.39, 0.29) is 5.91 Å². The molecule has 3 aromatic heterocycles. The second-order valence-corrected chi connectivity index (χ2v) is 7.30. The van der Waals surface area contributed by atoms with E-state index in [0.717, 1.165) is 23.4 Å². The van der Waals surface area contributed by atoms with Crippen molar-refractivity contribution in [3.63, 3.8) is 0 Å². The molecule has 0 bridgehead atoms. The predicted octanol–water partition coefficient (Wildman–Crippen LogP) is 4.24. The van der Waals surface area contributed by atoms with Gasteiger partial charge in [-0.15, -0.1) is 0 Å². The van der Waals surface area contributed by atoms with Gasteiger partial charge in [-0.2, -0.15) is 0 Å². The maximum atomic E-state index is 12.9. The Kier molecular flexibility index (Phi) is 6.49. The van der Waals surface area contributed by atoms with Crippen LogP contribution in [0.25, 0.3) is 11.3 Å². The molecule has 0 spiro atoms. The van der Waals surface area contributed by atoms with E-state index in [2.05, 4.69) is 40.9 Å². The lowest BCUT2D eigenvalue weighted by Crippen LogP contribution is -2.14. The molecule has 3 heterocycles. The molecule has 0 saturated carbocycles. The Morgan fingerprint density at radius 3 is 2.70 bits per heavy atom. The van der Waals surface area contributed by atoms with E-state index >= 15 is 0 Å². The second kappa shape index (κ2) is 9.82. The molecule has 9 nitrogen and oxygen atoms in total. The number of carbonyl (C=O) groups excluding carboxylic acids is 1. The van der Waals surface area contributed by atoms with Crippen molar-refractivity contribution in [3.05, 3.63) is 78.1 Å². The zero-order valence-corrected chi connectivity index (χ0v) is 18.6. The number of anilines is 4. The highest BCUT2D eigenvalue weighted by Gasteiger charge is 2.13. The maximum absolute atomic E-state index is 12.9. The van der Waals surface area contributed by atoms with E-state index in [1.54, 1.807) is 31.4 Å². The van der Waals surface area contributed by atoms with Gasteiger partial charge in [-0.1, -0.05) is 19.1 Å². The van der Waals surface area contributed by atoms with Crippen molar-refractivity contribution in [1.29, 1.82) is 0 Å². The van der Waals surface area contributed by atoms with Crippen molar-refractivity contribution in [2.24, 2.45) is 0 Å². The van der Waals surface area contributed by atoms with E-state index < -0.39 is 0 Å². The lowest BCUT2D eigenvalue weighted by Gasteiger charge is -2.14. The van der Waals surface area contributed by atoms with Gasteiger partial charge in [0.25, 0.3) is 5.91 Å². The number of aryl methyl sites for hydroxylation is 2. The molecule has 0 fully saturated rings. The van der Waals surface area contributed by atoms with E-state index in [9.17, 15) is 4.79 Å². The molecule has 1 aromatic carbocycles. The summed E-state index contributed by atoms with van der Waals surface area (Å²) in [5.74, 6) is 1.54. The number of rotatable bonds is 7. The van der Waals surface area contributed by atoms with E-state index in [1.807, 2.05) is 38.1 Å². The number of carbonyl (C=O) groups is 1. The second-order valence-electron chi connectivity index (χ2n) is 7.30. The highest BCUT2D eigenvalue weighted by molar-refractivity contribution is 6.04. The summed E-state index contributed by atoms with van der Waals surface area (Å²) in [6.07, 6.45) is 5.43. The van der Waals surface area contributed by atoms with Crippen LogP contribution in [0, 0.1) is 6.92 Å². The molecule has 0 atom stereocenters. The minimum atomic E-state index is -0.240. The first-order valence-electron chi connectivity index (χ1n) is 10.5. The Labute approximate surface area is 191 Å². The largest absolute Gasteiger partial charge is 0.373 e. The number of aromatic nitrogens is 5. The van der Waals surface area contributed by atoms with Gasteiger partial charge in [0, 0.05) is 36.3 Å². The number of amides is 1. The van der Waals surface area contributed by atoms with Crippen LogP contribution >= 0.6 is 0 Å². The van der Waals surface area contributed by atoms with Crippen molar-refractivity contribution in [2.75, 3.05) is 23.0 Å². The van der Waals surface area contributed by atoms with E-state index in [4.69, 9.17) is 0 Å². The van der Waals surface area contributed by atoms with Crippen LogP contribution in [0.3, 0.4) is 0 Å². The summed E-state index contributed by atoms with van der Waals surface area (Å²) in [5.41, 5.74) is 4.52. The molecule has 0 aliphatic rings. The molecule has 0 radical (unpaired) electrons. The van der Waals surface area contributed by atoms with Crippen LogP contribution < -0.4 is 16.0 Å². The first-order valence-corrected chi connectivity index (χ1v) is 10.5. The number of pyridine rings is 1. The molecule has 0 saturated heterocycles. The van der Waals surface area contributed by atoms with Crippen LogP contribution in [-0.4, -0.2) is 37.9 Å². The number of nitrogens with one attached hydrogen (secondary N) is 3. The minimum absolute atomic E-state index is 0.240. The zero-order chi connectivity index (χ0) is 23.2. The van der Waals surface area contributed by atoms with E-state index in [1.165, 1.54) is 12.7 Å². The average molecular weight is 441 g/mol. The summed E-state index contributed by atoms with van der Waals surface area (Å²) in [5, 5.41) is 9.19. The molecular weight excluding hydrogens is 416 g/mol. The van der Waals surface area contributed by atoms with Gasteiger partial charge >= 0.3 is 0 Å². The number of benzene rings is 1. The van der Waals surface area contributed by atoms with Crippen LogP contribution in [0.2, 0.25) is 0 Å². The summed E-state index contributed by atoms with van der Waals surface area (Å²) in [6, 6.07) is 12.9. The Bertz CT molecular complexity index is 1290. The SMILES string of the molecule is CCc1cccc(NC(=O)c2ccc(C)c(Nc3ncncc3-c3cc(NC)ncn3)c2)n1. The molecule has 4 aromatic rings. The fraction of sp³-hybridized carbons (Fsp3) is 0.167. The molecule has 9 heteroatoms. The van der Waals surface area contributed by atoms with Crippen molar-refractivity contribution >= 4 is 29.0 Å². The summed E-state index contributed by atoms with van der Waals surface area (Å²) < 4.78 is 0. The number of nitrogens with zero attached hydrogens (tertiary/aromatic N) is 5. The van der Waals surface area contributed by atoms with Gasteiger partial charge in [0.1, 0.15) is 30.1 Å². The molecular formula is C24H24N8O. The fourth-order valence-electron chi connectivity index (χ4n) is 3.22. The monoisotopic (exact) mass is 440 g/mol. The molecule has 33 heavy (non-hydrogen) atoms. The van der Waals surface area contributed by atoms with Gasteiger partial charge in [0.15, 0.2) is 0 Å². The van der Waals surface area contributed by atoms with Gasteiger partial charge in [0.05, 0.1) is 11.3 Å². The van der Waals surface area contributed by atoms with Gasteiger partial charge in [-0.3, -0.25) is 4.79 Å². The Morgan fingerprint density at radius 1 is 1.00 bits per heavy atom. The molecule has 4 rings (SSSR count). The summed E-state index contributed by atoms with van der Waals surface area (Å²) >= 11 is 0. The fourth-order valence-corrected chi connectivity index (χ4v) is 3.22. The number of hydrogen-bond donors (Lipinski definition) is 3. The van der Waals surface area contributed by atoms with Crippen LogP contribution in [0.4, 0.5) is 23.1 Å². The van der Waals surface area contributed by atoms with Gasteiger partial charge in [0.2, 0.25) is 0 Å². The van der Waals surface area contributed by atoms with Crippen molar-refractivity contribution < 1.29 is 4.79 Å². The van der Waals surface area contributed by atoms with Crippen LogP contribution in [-0.2, 0) is 6.42 Å². The first-order chi connectivity index (χ1) is 16.1. The molecule has 0 aliphatic carbocycles. The van der Waals surface area contributed by atoms with Crippen LogP contribution in [0.5, 0.6) is 0 Å². The van der Waals surface area contributed by atoms with E-state index in [0.29, 0.717) is 34.3 Å². The quantitative estimate of drug-likeness (QED) is 0.391. The minimum Gasteiger partial charge on any atom is -0.373 e. The van der Waals surface area contributed by atoms with Crippen molar-refractivity contribution in [1.82, 2.24) is 24.9 Å². The van der Waals surface area contributed by atoms with Crippen LogP contribution in [0.15, 0.2) is 61.3 Å². The third-order valence-corrected chi connectivity index (χ3v) is 5.07. The van der Waals surface area contributed by atoms with Gasteiger partial charge < -0.3 is 16.0 Å². The molecule has 3 N–H and O–H groups in total. The lowest BCUT2D eigenvalue weighted by atomic mass is 10.1. The molecule has 1 amide bonds. The highest BCUT2D eigenvalue weighted by atomic mass is 16.1. The normalized spacial score (nSPS) is 10.5. The standard InChI is InChI=1S/C24H24N8O/c1-4-17-6-5-7-21(30-17)32-24(33)16-9-8-15(2)19(10-16)31-23-18(12-26-13-29-23)20-11-22(25-3)28-14-27-20/h5-14H,4H2,1-3H3,(H,25,27,28)(H,26,29,31)(H,30,32,33). The predicted molar refractivity (Wildman–Crippen MR) is 129 cm³/mol. The average Bonchev–Trinajstić information content (AvgIpc) is 2.85. The third-order valence-electron chi connectivity index (χ3n) is 5.07. The van der Waals surface area contributed by atoms with Crippen molar-refractivity contribution in [2.45, 2.75) is 20.3 Å². The van der Waals surface area contributed by atoms with Gasteiger partial charge in [-0.05, 0) is 43.2 Å².